The van der Waals surface area contributed by atoms with Gasteiger partial charge in [-0.25, -0.2) is 0 Å². The highest BCUT2D eigenvalue weighted by Crippen LogP contribution is 2.13. The van der Waals surface area contributed by atoms with Crippen LogP contribution in [0.1, 0.15) is 43.5 Å². The lowest BCUT2D eigenvalue weighted by atomic mass is 10.2. The molecule has 6 nitrogen and oxygen atoms in total. The molecule has 25 heavy (non-hydrogen) atoms. The molecule has 1 aliphatic rings. The molecule has 1 N–H and O–H groups in total. The van der Waals surface area contributed by atoms with E-state index in [0.717, 1.165) is 44.7 Å². The lowest BCUT2D eigenvalue weighted by Gasteiger charge is -2.16. The van der Waals surface area contributed by atoms with Crippen molar-refractivity contribution in [1.29, 1.82) is 0 Å². The van der Waals surface area contributed by atoms with E-state index >= 15 is 0 Å². The Kier molecular flexibility index (Phi) is 6.17. The molecule has 1 saturated heterocycles. The second-order valence-electron chi connectivity index (χ2n) is 6.63. The van der Waals surface area contributed by atoms with E-state index in [4.69, 9.17) is 4.52 Å². The zero-order valence-corrected chi connectivity index (χ0v) is 14.8. The largest absolute Gasteiger partial charge is 0.352 e. The molecular weight excluding hydrogens is 316 g/mol. The van der Waals surface area contributed by atoms with Crippen LogP contribution in [0.5, 0.6) is 0 Å². The van der Waals surface area contributed by atoms with E-state index in [1.165, 1.54) is 5.56 Å². The van der Waals surface area contributed by atoms with Gasteiger partial charge >= 0.3 is 0 Å². The summed E-state index contributed by atoms with van der Waals surface area (Å²) in [4.78, 5) is 18.8. The van der Waals surface area contributed by atoms with Gasteiger partial charge in [0.2, 0.25) is 11.8 Å². The van der Waals surface area contributed by atoms with Crippen molar-refractivity contribution in [2.75, 3.05) is 13.1 Å². The number of hydrogen-bond acceptors (Lipinski definition) is 5. The van der Waals surface area contributed by atoms with Crippen LogP contribution in [-0.4, -0.2) is 40.1 Å². The molecule has 0 spiro atoms. The monoisotopic (exact) mass is 342 g/mol. The summed E-state index contributed by atoms with van der Waals surface area (Å²) in [5.74, 6) is 1.34. The van der Waals surface area contributed by atoms with Crippen LogP contribution in [0.3, 0.4) is 0 Å². The normalized spacial score (nSPS) is 17.7. The number of carbonyl (C=O) groups excluding carboxylic acids is 1. The summed E-state index contributed by atoms with van der Waals surface area (Å²) in [7, 11) is 0. The summed E-state index contributed by atoms with van der Waals surface area (Å²) in [6.07, 6.45) is 3.70. The van der Waals surface area contributed by atoms with Crippen LogP contribution in [0.2, 0.25) is 0 Å². The molecule has 0 bridgehead atoms. The molecule has 6 heteroatoms. The maximum atomic E-state index is 12.2. The Balaban J connectivity index is 1.38. The molecule has 1 aromatic heterocycles. The number of hydrogen-bond donors (Lipinski definition) is 1. The molecule has 0 radical (unpaired) electrons. The predicted molar refractivity (Wildman–Crippen MR) is 94.9 cm³/mol. The molecule has 1 atom stereocenters. The van der Waals surface area contributed by atoms with Crippen molar-refractivity contribution in [3.8, 4) is 0 Å². The molecule has 0 aliphatic carbocycles. The van der Waals surface area contributed by atoms with Crippen molar-refractivity contribution >= 4 is 5.91 Å². The summed E-state index contributed by atoms with van der Waals surface area (Å²) in [6, 6.07) is 10.7. The van der Waals surface area contributed by atoms with E-state index < -0.39 is 0 Å². The van der Waals surface area contributed by atoms with Crippen molar-refractivity contribution in [3.05, 3.63) is 47.6 Å². The van der Waals surface area contributed by atoms with Crippen molar-refractivity contribution in [2.24, 2.45) is 0 Å². The van der Waals surface area contributed by atoms with Gasteiger partial charge in [0.15, 0.2) is 5.82 Å². The molecule has 134 valence electrons. The van der Waals surface area contributed by atoms with Gasteiger partial charge in [-0.05, 0) is 18.4 Å². The van der Waals surface area contributed by atoms with Crippen LogP contribution in [0.4, 0.5) is 0 Å². The second-order valence-corrected chi connectivity index (χ2v) is 6.63. The maximum Gasteiger partial charge on any atom is 0.227 e. The fourth-order valence-electron chi connectivity index (χ4n) is 3.17. The molecule has 0 saturated carbocycles. The zero-order chi connectivity index (χ0) is 17.5. The third-order valence-corrected chi connectivity index (χ3v) is 4.44. The highest BCUT2D eigenvalue weighted by atomic mass is 16.5. The number of rotatable bonds is 8. The summed E-state index contributed by atoms with van der Waals surface area (Å²) in [5, 5.41) is 7.04. The molecule has 1 aliphatic heterocycles. The number of amides is 1. The van der Waals surface area contributed by atoms with Gasteiger partial charge in [-0.1, -0.05) is 42.4 Å². The van der Waals surface area contributed by atoms with Gasteiger partial charge in [0.05, 0.1) is 0 Å². The number of likely N-dealkylation sites (tertiary alicyclic amines) is 1. The fourth-order valence-corrected chi connectivity index (χ4v) is 3.17. The van der Waals surface area contributed by atoms with E-state index in [2.05, 4.69) is 51.5 Å². The highest BCUT2D eigenvalue weighted by molar-refractivity contribution is 5.76. The van der Waals surface area contributed by atoms with Gasteiger partial charge in [0, 0.05) is 44.9 Å². The van der Waals surface area contributed by atoms with E-state index in [0.29, 0.717) is 18.7 Å². The van der Waals surface area contributed by atoms with Crippen LogP contribution in [-0.2, 0) is 24.2 Å². The number of carbonyl (C=O) groups is 1. The topological polar surface area (TPSA) is 71.3 Å². The van der Waals surface area contributed by atoms with Crippen LogP contribution in [0.25, 0.3) is 0 Å². The lowest BCUT2D eigenvalue weighted by molar-refractivity contribution is -0.121. The Hall–Kier alpha value is -2.21. The predicted octanol–water partition coefficient (Wildman–Crippen LogP) is 2.35. The average molecular weight is 342 g/mol. The van der Waals surface area contributed by atoms with Gasteiger partial charge in [-0.3, -0.25) is 9.69 Å². The Bertz CT molecular complexity index is 671. The Morgan fingerprint density at radius 1 is 1.32 bits per heavy atom. The highest BCUT2D eigenvalue weighted by Gasteiger charge is 2.23. The summed E-state index contributed by atoms with van der Waals surface area (Å²) >= 11 is 0. The van der Waals surface area contributed by atoms with Gasteiger partial charge < -0.3 is 9.84 Å². The molecule has 1 aromatic carbocycles. The Morgan fingerprint density at radius 2 is 2.16 bits per heavy atom. The minimum Gasteiger partial charge on any atom is -0.352 e. The van der Waals surface area contributed by atoms with Gasteiger partial charge in [-0.2, -0.15) is 4.98 Å². The van der Waals surface area contributed by atoms with Crippen LogP contribution in [0, 0.1) is 0 Å². The molecular formula is C19H26N4O2. The van der Waals surface area contributed by atoms with Gasteiger partial charge in [-0.15, -0.1) is 0 Å². The first kappa shape index (κ1) is 17.6. The number of aryl methyl sites for hydroxylation is 2. The maximum absolute atomic E-state index is 12.2. The number of aromatic nitrogens is 2. The van der Waals surface area contributed by atoms with Crippen molar-refractivity contribution in [2.45, 2.75) is 51.6 Å². The van der Waals surface area contributed by atoms with Gasteiger partial charge in [0.25, 0.3) is 0 Å². The summed E-state index contributed by atoms with van der Waals surface area (Å²) in [6.45, 7) is 4.94. The van der Waals surface area contributed by atoms with E-state index in [9.17, 15) is 4.79 Å². The molecule has 1 fully saturated rings. The van der Waals surface area contributed by atoms with Crippen LogP contribution < -0.4 is 5.32 Å². The Morgan fingerprint density at radius 3 is 2.96 bits per heavy atom. The van der Waals surface area contributed by atoms with E-state index in [1.54, 1.807) is 0 Å². The molecule has 2 heterocycles. The minimum atomic E-state index is 0.0572. The smallest absolute Gasteiger partial charge is 0.227 e. The van der Waals surface area contributed by atoms with Crippen LogP contribution in [0.15, 0.2) is 34.9 Å². The SMILES string of the molecule is CCCc1noc(CCC(=O)NC2CCN(Cc3ccccc3)C2)n1. The number of nitrogens with one attached hydrogen (secondary N) is 1. The third kappa shape index (κ3) is 5.39. The summed E-state index contributed by atoms with van der Waals surface area (Å²) in [5.41, 5.74) is 1.31. The molecule has 3 rings (SSSR count). The quantitative estimate of drug-likeness (QED) is 0.797. The third-order valence-electron chi connectivity index (χ3n) is 4.44. The standard InChI is InChI=1S/C19H26N4O2/c1-2-6-17-21-19(25-22-17)10-9-18(24)20-16-11-12-23(14-16)13-15-7-4-3-5-8-15/h3-5,7-8,16H,2,6,9-14H2,1H3,(H,20,24). The molecule has 2 aromatic rings. The van der Waals surface area contributed by atoms with Crippen molar-refractivity contribution in [1.82, 2.24) is 20.4 Å². The average Bonchev–Trinajstić information content (AvgIpc) is 3.24. The number of nitrogens with zero attached hydrogens (tertiary/aromatic N) is 3. The molecule has 1 unspecified atom stereocenters. The zero-order valence-electron chi connectivity index (χ0n) is 14.8. The van der Waals surface area contributed by atoms with E-state index in [1.807, 2.05) is 6.07 Å². The Labute approximate surface area is 148 Å². The minimum absolute atomic E-state index is 0.0572. The second kappa shape index (κ2) is 8.76. The number of benzene rings is 1. The van der Waals surface area contributed by atoms with Crippen LogP contribution >= 0.6 is 0 Å². The lowest BCUT2D eigenvalue weighted by Crippen LogP contribution is -2.37. The first-order chi connectivity index (χ1) is 12.2. The van der Waals surface area contributed by atoms with Gasteiger partial charge in [0.1, 0.15) is 0 Å². The first-order valence-corrected chi connectivity index (χ1v) is 9.10. The molecule has 1 amide bonds. The summed E-state index contributed by atoms with van der Waals surface area (Å²) < 4.78 is 5.17. The van der Waals surface area contributed by atoms with E-state index in [-0.39, 0.29) is 11.9 Å². The van der Waals surface area contributed by atoms with Crippen molar-refractivity contribution in [3.63, 3.8) is 0 Å². The van der Waals surface area contributed by atoms with Crippen molar-refractivity contribution < 1.29 is 9.32 Å². The fraction of sp³-hybridized carbons (Fsp3) is 0.526. The first-order valence-electron chi connectivity index (χ1n) is 9.10.